The third-order valence-corrected chi connectivity index (χ3v) is 6.11. The van der Waals surface area contributed by atoms with Crippen molar-refractivity contribution >= 4 is 50.7 Å². The Kier molecular flexibility index (Phi) is 5.48. The van der Waals surface area contributed by atoms with Crippen molar-refractivity contribution in [1.29, 1.82) is 0 Å². The second-order valence-electron chi connectivity index (χ2n) is 5.52. The van der Waals surface area contributed by atoms with Gasteiger partial charge in [0, 0.05) is 13.2 Å². The van der Waals surface area contributed by atoms with Crippen molar-refractivity contribution in [1.82, 2.24) is 14.3 Å². The molecule has 0 radical (unpaired) electrons. The van der Waals surface area contributed by atoms with Crippen molar-refractivity contribution in [3.63, 3.8) is 0 Å². The molecule has 6 nitrogen and oxygen atoms in total. The fraction of sp³-hybridized carbons (Fsp3) is 0.0588. The molecule has 0 aliphatic carbocycles. The molecule has 3 rings (SSSR count). The quantitative estimate of drug-likeness (QED) is 0.655. The second-order valence-corrected chi connectivity index (χ2v) is 8.39. The van der Waals surface area contributed by atoms with Gasteiger partial charge in [-0.2, -0.15) is 0 Å². The molecule has 3 aromatic rings. The van der Waals surface area contributed by atoms with Crippen molar-refractivity contribution < 1.29 is 13.2 Å². The van der Waals surface area contributed by atoms with Gasteiger partial charge in [0.15, 0.2) is 0 Å². The first-order valence-electron chi connectivity index (χ1n) is 7.50. The molecule has 0 spiro atoms. The number of imidazole rings is 1. The van der Waals surface area contributed by atoms with Crippen molar-refractivity contribution in [2.24, 2.45) is 7.05 Å². The van der Waals surface area contributed by atoms with Crippen LogP contribution < -0.4 is 4.72 Å². The van der Waals surface area contributed by atoms with E-state index in [1.54, 1.807) is 31.3 Å². The number of carbonyl (C=O) groups is 1. The minimum atomic E-state index is -4.16. The van der Waals surface area contributed by atoms with E-state index >= 15 is 0 Å². The van der Waals surface area contributed by atoms with Crippen molar-refractivity contribution in [3.8, 4) is 11.4 Å². The number of halogens is 3. The number of hydrogen-bond donors (Lipinski definition) is 1. The molecule has 1 amide bonds. The number of benzene rings is 2. The third kappa shape index (κ3) is 3.96. The van der Waals surface area contributed by atoms with Crippen LogP contribution in [0.3, 0.4) is 0 Å². The van der Waals surface area contributed by atoms with Gasteiger partial charge in [-0.05, 0) is 24.3 Å². The summed E-state index contributed by atoms with van der Waals surface area (Å²) in [5, 5.41) is 0.709. The van der Waals surface area contributed by atoms with Crippen molar-refractivity contribution in [2.45, 2.75) is 4.90 Å². The first kappa shape index (κ1) is 19.7. The maximum Gasteiger partial charge on any atom is 0.285 e. The van der Waals surface area contributed by atoms with E-state index in [9.17, 15) is 13.2 Å². The summed E-state index contributed by atoms with van der Waals surface area (Å²) in [5.74, 6) is -0.578. The number of nitrogens with one attached hydrogen (secondary N) is 1. The van der Waals surface area contributed by atoms with Gasteiger partial charge in [-0.1, -0.05) is 53.0 Å². The van der Waals surface area contributed by atoms with Gasteiger partial charge in [-0.3, -0.25) is 4.79 Å². The van der Waals surface area contributed by atoms with E-state index in [-0.39, 0.29) is 15.6 Å². The predicted molar refractivity (Wildman–Crippen MR) is 105 cm³/mol. The van der Waals surface area contributed by atoms with Crippen LogP contribution in [0.25, 0.3) is 11.4 Å². The first-order valence-corrected chi connectivity index (χ1v) is 10.1. The molecule has 2 aromatic carbocycles. The molecular weight excluding hydrogens is 433 g/mol. The molecule has 0 aliphatic rings. The van der Waals surface area contributed by atoms with Crippen LogP contribution in [0.1, 0.15) is 10.5 Å². The fourth-order valence-corrected chi connectivity index (χ4v) is 4.46. The van der Waals surface area contributed by atoms with Crippen LogP contribution >= 0.6 is 34.8 Å². The van der Waals surface area contributed by atoms with Crippen LogP contribution in [0.2, 0.25) is 15.1 Å². The summed E-state index contributed by atoms with van der Waals surface area (Å²) in [4.78, 5) is 16.4. The summed E-state index contributed by atoms with van der Waals surface area (Å²) in [6.07, 6.45) is 1.38. The van der Waals surface area contributed by atoms with E-state index in [0.29, 0.717) is 21.4 Å². The predicted octanol–water partition coefficient (Wildman–Crippen LogP) is 4.17. The van der Waals surface area contributed by atoms with Crippen LogP contribution in [0, 0.1) is 0 Å². The third-order valence-electron chi connectivity index (χ3n) is 3.65. The van der Waals surface area contributed by atoms with Crippen LogP contribution in [0.5, 0.6) is 0 Å². The average molecular weight is 445 g/mol. The molecule has 0 bridgehead atoms. The minimum Gasteiger partial charge on any atom is -0.333 e. The van der Waals surface area contributed by atoms with Gasteiger partial charge in [-0.15, -0.1) is 0 Å². The molecule has 0 saturated heterocycles. The summed E-state index contributed by atoms with van der Waals surface area (Å²) >= 11 is 18.3. The van der Waals surface area contributed by atoms with Crippen molar-refractivity contribution in [3.05, 3.63) is 69.4 Å². The Hall–Kier alpha value is -2.06. The van der Waals surface area contributed by atoms with Crippen LogP contribution in [0.4, 0.5) is 0 Å². The Bertz CT molecular complexity index is 1120. The number of nitrogens with zero attached hydrogens (tertiary/aromatic N) is 2. The molecule has 27 heavy (non-hydrogen) atoms. The van der Waals surface area contributed by atoms with E-state index in [4.69, 9.17) is 34.8 Å². The van der Waals surface area contributed by atoms with E-state index in [0.717, 1.165) is 0 Å². The smallest absolute Gasteiger partial charge is 0.285 e. The van der Waals surface area contributed by atoms with Gasteiger partial charge < -0.3 is 4.57 Å². The summed E-state index contributed by atoms with van der Waals surface area (Å²) in [7, 11) is -2.52. The highest BCUT2D eigenvalue weighted by molar-refractivity contribution is 7.90. The lowest BCUT2D eigenvalue weighted by Crippen LogP contribution is -2.31. The highest BCUT2D eigenvalue weighted by Gasteiger charge is 2.24. The fourth-order valence-electron chi connectivity index (χ4n) is 2.41. The number of amides is 1. The van der Waals surface area contributed by atoms with E-state index in [2.05, 4.69) is 4.98 Å². The number of sulfonamides is 1. The molecule has 0 aliphatic heterocycles. The van der Waals surface area contributed by atoms with E-state index in [1.807, 2.05) is 4.72 Å². The zero-order valence-corrected chi connectivity index (χ0v) is 16.9. The van der Waals surface area contributed by atoms with Gasteiger partial charge in [0.1, 0.15) is 16.4 Å². The Morgan fingerprint density at radius 1 is 1.00 bits per heavy atom. The van der Waals surface area contributed by atoms with Gasteiger partial charge in [0.2, 0.25) is 0 Å². The highest BCUT2D eigenvalue weighted by atomic mass is 35.5. The minimum absolute atomic E-state index is 0.00218. The molecule has 0 saturated carbocycles. The molecule has 0 unspecified atom stereocenters. The number of carbonyl (C=O) groups excluding carboxylic acids is 1. The highest BCUT2D eigenvalue weighted by Crippen LogP contribution is 2.33. The molecule has 1 N–H and O–H groups in total. The van der Waals surface area contributed by atoms with E-state index in [1.165, 1.54) is 29.0 Å². The zero-order chi connectivity index (χ0) is 19.8. The van der Waals surface area contributed by atoms with Gasteiger partial charge in [0.25, 0.3) is 15.9 Å². The van der Waals surface area contributed by atoms with Gasteiger partial charge >= 0.3 is 0 Å². The molecule has 0 fully saturated rings. The Morgan fingerprint density at radius 3 is 2.22 bits per heavy atom. The monoisotopic (exact) mass is 443 g/mol. The molecule has 0 atom stereocenters. The molecule has 1 heterocycles. The average Bonchev–Trinajstić information content (AvgIpc) is 2.96. The van der Waals surface area contributed by atoms with Crippen LogP contribution in [0.15, 0.2) is 53.6 Å². The molecule has 10 heteroatoms. The molecule has 1 aromatic heterocycles. The largest absolute Gasteiger partial charge is 0.333 e. The SMILES string of the molecule is Cn1cc(C(=O)NS(=O)(=O)c2ccccc2Cl)nc1-c1c(Cl)cccc1Cl. The topological polar surface area (TPSA) is 81.1 Å². The summed E-state index contributed by atoms with van der Waals surface area (Å²) in [5.41, 5.74) is 0.329. The number of rotatable bonds is 4. The van der Waals surface area contributed by atoms with E-state index < -0.39 is 15.9 Å². The summed E-state index contributed by atoms with van der Waals surface area (Å²) in [6, 6.07) is 10.8. The number of hydrogen-bond acceptors (Lipinski definition) is 4. The second kappa shape index (κ2) is 7.52. The maximum atomic E-state index is 12.4. The normalized spacial score (nSPS) is 11.4. The van der Waals surface area contributed by atoms with Gasteiger partial charge in [0.05, 0.1) is 20.6 Å². The lowest BCUT2D eigenvalue weighted by Gasteiger charge is -2.07. The Balaban J connectivity index is 1.95. The lowest BCUT2D eigenvalue weighted by atomic mass is 10.2. The van der Waals surface area contributed by atoms with Gasteiger partial charge in [-0.25, -0.2) is 18.1 Å². The van der Waals surface area contributed by atoms with Crippen molar-refractivity contribution in [2.75, 3.05) is 0 Å². The number of aryl methyl sites for hydroxylation is 1. The lowest BCUT2D eigenvalue weighted by molar-refractivity contribution is 0.0977. The maximum absolute atomic E-state index is 12.4. The zero-order valence-electron chi connectivity index (χ0n) is 13.8. The molecular formula is C17H12Cl3N3O3S. The standard InChI is InChI=1S/C17H12Cl3N3O3S/c1-23-9-13(21-16(23)15-11(19)6-4-7-12(15)20)17(24)22-27(25,26)14-8-3-2-5-10(14)18/h2-9H,1H3,(H,22,24). The number of aromatic nitrogens is 2. The molecule has 140 valence electrons. The summed E-state index contributed by atoms with van der Waals surface area (Å²) < 4.78 is 28.3. The Morgan fingerprint density at radius 2 is 1.59 bits per heavy atom. The van der Waals surface area contributed by atoms with Crippen LogP contribution in [-0.2, 0) is 17.1 Å². The Labute approximate surface area is 170 Å². The summed E-state index contributed by atoms with van der Waals surface area (Å²) in [6.45, 7) is 0. The first-order chi connectivity index (χ1) is 12.7. The van der Waals surface area contributed by atoms with Crippen LogP contribution in [-0.4, -0.2) is 23.9 Å².